The van der Waals surface area contributed by atoms with Gasteiger partial charge in [0.15, 0.2) is 5.78 Å². The summed E-state index contributed by atoms with van der Waals surface area (Å²) in [6.45, 7) is 0. The van der Waals surface area contributed by atoms with Crippen molar-refractivity contribution in [3.05, 3.63) is 35.1 Å². The van der Waals surface area contributed by atoms with Crippen LogP contribution in [0.25, 0.3) is 0 Å². The Morgan fingerprint density at radius 1 is 1.47 bits per heavy atom. The molecule has 2 rings (SSSR count). The van der Waals surface area contributed by atoms with Crippen molar-refractivity contribution in [2.24, 2.45) is 5.92 Å². The normalized spacial score (nSPS) is 15.5. The minimum Gasteiger partial charge on any atom is -0.294 e. The lowest BCUT2D eigenvalue weighted by molar-refractivity contribution is 0.0854. The molecular formula is C12H10FNO. The molecule has 0 N–H and O–H groups in total. The van der Waals surface area contributed by atoms with Crippen LogP contribution in [0.2, 0.25) is 0 Å². The first-order valence-corrected chi connectivity index (χ1v) is 4.97. The summed E-state index contributed by atoms with van der Waals surface area (Å²) in [5.41, 5.74) is 0.122. The van der Waals surface area contributed by atoms with Gasteiger partial charge in [-0.1, -0.05) is 12.5 Å². The van der Waals surface area contributed by atoms with Crippen molar-refractivity contribution in [3.63, 3.8) is 0 Å². The summed E-state index contributed by atoms with van der Waals surface area (Å²) < 4.78 is 13.2. The zero-order valence-corrected chi connectivity index (χ0v) is 8.16. The third kappa shape index (κ3) is 1.63. The van der Waals surface area contributed by atoms with Gasteiger partial charge in [-0.15, -0.1) is 0 Å². The highest BCUT2D eigenvalue weighted by molar-refractivity contribution is 6.00. The molecular weight excluding hydrogens is 193 g/mol. The molecule has 0 radical (unpaired) electrons. The van der Waals surface area contributed by atoms with Crippen LogP contribution in [0.5, 0.6) is 0 Å². The van der Waals surface area contributed by atoms with Gasteiger partial charge < -0.3 is 0 Å². The molecule has 0 aromatic heterocycles. The molecule has 0 spiro atoms. The summed E-state index contributed by atoms with van der Waals surface area (Å²) in [4.78, 5) is 11.8. The van der Waals surface area contributed by atoms with Crippen molar-refractivity contribution in [1.29, 1.82) is 5.26 Å². The number of benzene rings is 1. The van der Waals surface area contributed by atoms with E-state index in [4.69, 9.17) is 5.26 Å². The topological polar surface area (TPSA) is 40.9 Å². The van der Waals surface area contributed by atoms with E-state index in [9.17, 15) is 9.18 Å². The predicted molar refractivity (Wildman–Crippen MR) is 52.8 cm³/mol. The molecule has 0 saturated heterocycles. The van der Waals surface area contributed by atoms with Crippen molar-refractivity contribution >= 4 is 5.78 Å². The van der Waals surface area contributed by atoms with Crippen molar-refractivity contribution in [2.75, 3.05) is 0 Å². The first-order valence-electron chi connectivity index (χ1n) is 4.97. The number of halogens is 1. The van der Waals surface area contributed by atoms with Crippen LogP contribution >= 0.6 is 0 Å². The van der Waals surface area contributed by atoms with Gasteiger partial charge in [0, 0.05) is 11.5 Å². The van der Waals surface area contributed by atoms with Crippen molar-refractivity contribution < 1.29 is 9.18 Å². The Labute approximate surface area is 87.3 Å². The highest BCUT2D eigenvalue weighted by Crippen LogP contribution is 2.30. The van der Waals surface area contributed by atoms with Crippen molar-refractivity contribution in [2.45, 2.75) is 19.3 Å². The highest BCUT2D eigenvalue weighted by atomic mass is 19.1. The van der Waals surface area contributed by atoms with Crippen LogP contribution in [0.3, 0.4) is 0 Å². The lowest BCUT2D eigenvalue weighted by Gasteiger charge is -2.24. The van der Waals surface area contributed by atoms with Gasteiger partial charge in [0.2, 0.25) is 0 Å². The molecule has 15 heavy (non-hydrogen) atoms. The number of hydrogen-bond donors (Lipinski definition) is 0. The number of hydrogen-bond acceptors (Lipinski definition) is 2. The predicted octanol–water partition coefficient (Wildman–Crippen LogP) is 2.68. The van der Waals surface area contributed by atoms with Crippen molar-refractivity contribution in [1.82, 2.24) is 0 Å². The van der Waals surface area contributed by atoms with Gasteiger partial charge in [-0.05, 0) is 25.0 Å². The van der Waals surface area contributed by atoms with Gasteiger partial charge in [-0.2, -0.15) is 5.26 Å². The molecule has 0 heterocycles. The number of rotatable bonds is 2. The summed E-state index contributed by atoms with van der Waals surface area (Å²) in [7, 11) is 0. The maximum absolute atomic E-state index is 13.2. The Bertz CT molecular complexity index is 443. The minimum atomic E-state index is -0.609. The lowest BCUT2D eigenvalue weighted by atomic mass is 9.79. The number of nitriles is 1. The molecule has 1 aromatic carbocycles. The van der Waals surface area contributed by atoms with Crippen LogP contribution in [0.15, 0.2) is 18.2 Å². The maximum atomic E-state index is 13.2. The fourth-order valence-electron chi connectivity index (χ4n) is 1.73. The number of carbonyl (C=O) groups is 1. The summed E-state index contributed by atoms with van der Waals surface area (Å²) in [5, 5.41) is 8.78. The van der Waals surface area contributed by atoms with Crippen LogP contribution in [0, 0.1) is 23.1 Å². The molecule has 0 bridgehead atoms. The van der Waals surface area contributed by atoms with E-state index in [1.54, 1.807) is 6.07 Å². The Morgan fingerprint density at radius 3 is 2.73 bits per heavy atom. The second kappa shape index (κ2) is 3.82. The van der Waals surface area contributed by atoms with Gasteiger partial charge in [0.1, 0.15) is 11.9 Å². The average molecular weight is 203 g/mol. The minimum absolute atomic E-state index is 0.00102. The molecule has 0 atom stereocenters. The number of nitrogens with zero attached hydrogens (tertiary/aromatic N) is 1. The Morgan fingerprint density at radius 2 is 2.20 bits per heavy atom. The van der Waals surface area contributed by atoms with Crippen LogP contribution in [-0.2, 0) is 0 Å². The number of carbonyl (C=O) groups excluding carboxylic acids is 1. The Balaban J connectivity index is 2.39. The standard InChI is InChI=1S/C12H10FNO/c13-11-6-2-5-9(10(11)7-14)12(15)8-3-1-4-8/h2,5-6,8H,1,3-4H2. The smallest absolute Gasteiger partial charge is 0.167 e. The Kier molecular flexibility index (Phi) is 2.51. The summed E-state index contributed by atoms with van der Waals surface area (Å²) >= 11 is 0. The maximum Gasteiger partial charge on any atom is 0.167 e. The van der Waals surface area contributed by atoms with E-state index in [0.29, 0.717) is 0 Å². The van der Waals surface area contributed by atoms with E-state index in [-0.39, 0.29) is 22.8 Å². The third-order valence-electron chi connectivity index (χ3n) is 2.87. The van der Waals surface area contributed by atoms with Gasteiger partial charge >= 0.3 is 0 Å². The van der Waals surface area contributed by atoms with Gasteiger partial charge in [0.05, 0.1) is 5.56 Å². The molecule has 76 valence electrons. The molecule has 2 nitrogen and oxygen atoms in total. The SMILES string of the molecule is N#Cc1c(F)cccc1C(=O)C1CCC1. The number of Topliss-reactive ketones (excluding diaryl/α,β-unsaturated/α-hetero) is 1. The van der Waals surface area contributed by atoms with Crippen LogP contribution in [0.4, 0.5) is 4.39 Å². The van der Waals surface area contributed by atoms with Gasteiger partial charge in [0.25, 0.3) is 0 Å². The van der Waals surface area contributed by atoms with Crippen LogP contribution in [-0.4, -0.2) is 5.78 Å². The van der Waals surface area contributed by atoms with E-state index < -0.39 is 5.82 Å². The first-order chi connectivity index (χ1) is 7.24. The third-order valence-corrected chi connectivity index (χ3v) is 2.87. The average Bonchev–Trinajstić information content (AvgIpc) is 2.14. The van der Waals surface area contributed by atoms with Crippen LogP contribution < -0.4 is 0 Å². The fraction of sp³-hybridized carbons (Fsp3) is 0.333. The summed E-state index contributed by atoms with van der Waals surface area (Å²) in [5.74, 6) is -0.695. The molecule has 0 unspecified atom stereocenters. The zero-order chi connectivity index (χ0) is 10.8. The zero-order valence-electron chi connectivity index (χ0n) is 8.16. The monoisotopic (exact) mass is 203 g/mol. The van der Waals surface area contributed by atoms with E-state index in [0.717, 1.165) is 19.3 Å². The van der Waals surface area contributed by atoms with Crippen LogP contribution in [0.1, 0.15) is 35.2 Å². The molecule has 1 fully saturated rings. The lowest BCUT2D eigenvalue weighted by Crippen LogP contribution is -2.23. The quantitative estimate of drug-likeness (QED) is 0.693. The van der Waals surface area contributed by atoms with E-state index in [1.807, 2.05) is 0 Å². The largest absolute Gasteiger partial charge is 0.294 e. The molecule has 0 aliphatic heterocycles. The molecule has 1 aliphatic rings. The fourth-order valence-corrected chi connectivity index (χ4v) is 1.73. The van der Waals surface area contributed by atoms with E-state index >= 15 is 0 Å². The second-order valence-electron chi connectivity index (χ2n) is 3.77. The molecule has 1 saturated carbocycles. The molecule has 1 aromatic rings. The molecule has 3 heteroatoms. The first kappa shape index (κ1) is 9.85. The number of ketones is 1. The molecule has 1 aliphatic carbocycles. The summed E-state index contributed by atoms with van der Waals surface area (Å²) in [6, 6.07) is 5.96. The van der Waals surface area contributed by atoms with E-state index in [2.05, 4.69) is 0 Å². The van der Waals surface area contributed by atoms with Crippen molar-refractivity contribution in [3.8, 4) is 6.07 Å². The summed E-state index contributed by atoms with van der Waals surface area (Å²) in [6.07, 6.45) is 2.77. The highest BCUT2D eigenvalue weighted by Gasteiger charge is 2.28. The second-order valence-corrected chi connectivity index (χ2v) is 3.77. The Hall–Kier alpha value is -1.69. The van der Waals surface area contributed by atoms with E-state index in [1.165, 1.54) is 18.2 Å². The van der Waals surface area contributed by atoms with Gasteiger partial charge in [-0.3, -0.25) is 4.79 Å². The molecule has 0 amide bonds. The van der Waals surface area contributed by atoms with Gasteiger partial charge in [-0.25, -0.2) is 4.39 Å².